The van der Waals surface area contributed by atoms with Crippen molar-refractivity contribution in [3.05, 3.63) is 39.3 Å². The number of hydrogen-bond donors (Lipinski definition) is 1. The van der Waals surface area contributed by atoms with E-state index in [4.69, 9.17) is 11.6 Å². The van der Waals surface area contributed by atoms with Gasteiger partial charge in [0.2, 0.25) is 11.6 Å². The maximum atomic E-state index is 12.8. The number of anilines is 3. The van der Waals surface area contributed by atoms with Crippen molar-refractivity contribution in [1.82, 2.24) is 15.0 Å². The first-order valence-corrected chi connectivity index (χ1v) is 9.52. The zero-order valence-corrected chi connectivity index (χ0v) is 17.6. The second-order valence-corrected chi connectivity index (χ2v) is 7.93. The molecule has 0 unspecified atom stereocenters. The molecule has 0 amide bonds. The number of pyridine rings is 1. The topological polar surface area (TPSA) is 97.1 Å². The molecule has 2 heterocycles. The quantitative estimate of drug-likeness (QED) is 0.433. The molecule has 0 saturated heterocycles. The van der Waals surface area contributed by atoms with Gasteiger partial charge in [-0.25, -0.2) is 15.0 Å². The van der Waals surface area contributed by atoms with E-state index in [9.17, 15) is 23.3 Å². The second kappa shape index (κ2) is 9.41. The van der Waals surface area contributed by atoms with Crippen LogP contribution in [0.2, 0.25) is 5.02 Å². The van der Waals surface area contributed by atoms with E-state index in [2.05, 4.69) is 20.3 Å². The van der Waals surface area contributed by atoms with Gasteiger partial charge in [-0.15, -0.1) is 0 Å². The fourth-order valence-electron chi connectivity index (χ4n) is 2.79. The lowest BCUT2D eigenvalue weighted by atomic mass is 10.1. The lowest BCUT2D eigenvalue weighted by Crippen LogP contribution is -2.32. The molecule has 2 aromatic heterocycles. The Labute approximate surface area is 176 Å². The van der Waals surface area contributed by atoms with Gasteiger partial charge in [0.1, 0.15) is 6.33 Å². The summed E-state index contributed by atoms with van der Waals surface area (Å²) in [7, 11) is 0. The lowest BCUT2D eigenvalue weighted by molar-refractivity contribution is -0.383. The number of nitrogens with one attached hydrogen (secondary N) is 1. The second-order valence-electron chi connectivity index (χ2n) is 7.52. The van der Waals surface area contributed by atoms with Gasteiger partial charge in [0.15, 0.2) is 5.82 Å². The third-order valence-electron chi connectivity index (χ3n) is 3.86. The number of halogens is 4. The molecule has 0 aliphatic rings. The molecule has 0 atom stereocenters. The fourth-order valence-corrected chi connectivity index (χ4v) is 3.00. The molecule has 8 nitrogen and oxygen atoms in total. The van der Waals surface area contributed by atoms with Gasteiger partial charge in [-0.1, -0.05) is 39.3 Å². The highest BCUT2D eigenvalue weighted by molar-refractivity contribution is 6.33. The number of rotatable bonds is 8. The normalized spacial score (nSPS) is 11.8. The fraction of sp³-hybridized carbons (Fsp3) is 0.500. The van der Waals surface area contributed by atoms with E-state index in [1.165, 1.54) is 0 Å². The van der Waals surface area contributed by atoms with E-state index in [0.29, 0.717) is 25.4 Å². The molecule has 0 saturated carbocycles. The van der Waals surface area contributed by atoms with Crippen LogP contribution < -0.4 is 10.2 Å². The SMILES string of the molecule is CC(C)CN(CC(C)C)c1ncnc(Nc2ncc(C(F)(F)F)cc2Cl)c1[N+](=O)[O-]. The van der Waals surface area contributed by atoms with Gasteiger partial charge >= 0.3 is 11.9 Å². The third-order valence-corrected chi connectivity index (χ3v) is 4.15. The Bertz CT molecular complexity index is 898. The largest absolute Gasteiger partial charge is 0.417 e. The van der Waals surface area contributed by atoms with Crippen LogP contribution in [0, 0.1) is 22.0 Å². The number of hydrogen-bond acceptors (Lipinski definition) is 7. The summed E-state index contributed by atoms with van der Waals surface area (Å²) >= 11 is 5.91. The molecule has 0 bridgehead atoms. The summed E-state index contributed by atoms with van der Waals surface area (Å²) in [5.41, 5.74) is -1.44. The van der Waals surface area contributed by atoms with Gasteiger partial charge in [-0.3, -0.25) is 10.1 Å². The van der Waals surface area contributed by atoms with Crippen LogP contribution >= 0.6 is 11.6 Å². The Kier molecular flexibility index (Phi) is 7.40. The van der Waals surface area contributed by atoms with Crippen LogP contribution in [0.5, 0.6) is 0 Å². The van der Waals surface area contributed by atoms with Crippen LogP contribution in [0.3, 0.4) is 0 Å². The third kappa shape index (κ3) is 5.91. The number of nitrogens with zero attached hydrogens (tertiary/aromatic N) is 5. The molecule has 0 aliphatic carbocycles. The Hall–Kier alpha value is -2.69. The highest BCUT2D eigenvalue weighted by atomic mass is 35.5. The van der Waals surface area contributed by atoms with Gasteiger partial charge in [-0.05, 0) is 17.9 Å². The number of aromatic nitrogens is 3. The van der Waals surface area contributed by atoms with E-state index >= 15 is 0 Å². The predicted octanol–water partition coefficient (Wildman–Crippen LogP) is 5.31. The summed E-state index contributed by atoms with van der Waals surface area (Å²) in [4.78, 5) is 24.7. The summed E-state index contributed by atoms with van der Waals surface area (Å²) in [6.07, 6.45) is -2.88. The Morgan fingerprint density at radius 2 is 1.73 bits per heavy atom. The molecule has 2 rings (SSSR count). The zero-order valence-electron chi connectivity index (χ0n) is 16.9. The molecule has 2 aromatic rings. The average molecular weight is 447 g/mol. The Morgan fingerprint density at radius 1 is 1.13 bits per heavy atom. The van der Waals surface area contributed by atoms with Gasteiger partial charge in [0, 0.05) is 19.3 Å². The molecule has 30 heavy (non-hydrogen) atoms. The minimum absolute atomic E-state index is 0.114. The molecule has 12 heteroatoms. The van der Waals surface area contributed by atoms with Crippen LogP contribution in [0.4, 0.5) is 36.3 Å². The van der Waals surface area contributed by atoms with Crippen molar-refractivity contribution in [2.75, 3.05) is 23.3 Å². The van der Waals surface area contributed by atoms with E-state index in [0.717, 1.165) is 6.33 Å². The summed E-state index contributed by atoms with van der Waals surface area (Å²) in [5.74, 6) is 0.137. The van der Waals surface area contributed by atoms with Crippen molar-refractivity contribution >= 4 is 34.7 Å². The van der Waals surface area contributed by atoms with Gasteiger partial charge < -0.3 is 10.2 Å². The van der Waals surface area contributed by atoms with E-state index < -0.39 is 22.4 Å². The molecule has 0 radical (unpaired) electrons. The highest BCUT2D eigenvalue weighted by Gasteiger charge is 2.32. The molecular formula is C18H22ClF3N6O2. The Morgan fingerprint density at radius 3 is 2.20 bits per heavy atom. The van der Waals surface area contributed by atoms with Crippen molar-refractivity contribution in [2.45, 2.75) is 33.9 Å². The predicted molar refractivity (Wildman–Crippen MR) is 108 cm³/mol. The molecule has 0 aromatic carbocycles. The summed E-state index contributed by atoms with van der Waals surface area (Å²) in [5, 5.41) is 14.1. The van der Waals surface area contributed by atoms with Crippen LogP contribution in [0.15, 0.2) is 18.6 Å². The number of nitro groups is 1. The van der Waals surface area contributed by atoms with Crippen molar-refractivity contribution in [2.24, 2.45) is 11.8 Å². The van der Waals surface area contributed by atoms with Gasteiger partial charge in [-0.2, -0.15) is 13.2 Å². The first-order valence-electron chi connectivity index (χ1n) is 9.14. The summed E-state index contributed by atoms with van der Waals surface area (Å²) in [6, 6.07) is 0.689. The zero-order chi connectivity index (χ0) is 22.6. The highest BCUT2D eigenvalue weighted by Crippen LogP contribution is 2.37. The van der Waals surface area contributed by atoms with Gasteiger partial charge in [0.05, 0.1) is 15.5 Å². The van der Waals surface area contributed by atoms with Crippen LogP contribution in [0.1, 0.15) is 33.3 Å². The number of alkyl halides is 3. The molecule has 0 aliphatic heterocycles. The monoisotopic (exact) mass is 446 g/mol. The van der Waals surface area contributed by atoms with Crippen molar-refractivity contribution in [3.63, 3.8) is 0 Å². The van der Waals surface area contributed by atoms with Crippen molar-refractivity contribution in [1.29, 1.82) is 0 Å². The summed E-state index contributed by atoms with van der Waals surface area (Å²) in [6.45, 7) is 8.96. The molecular weight excluding hydrogens is 425 g/mol. The smallest absolute Gasteiger partial charge is 0.350 e. The maximum absolute atomic E-state index is 12.8. The molecule has 0 fully saturated rings. The van der Waals surface area contributed by atoms with E-state index in [-0.39, 0.29) is 34.3 Å². The first kappa shape index (κ1) is 23.6. The summed E-state index contributed by atoms with van der Waals surface area (Å²) < 4.78 is 38.4. The van der Waals surface area contributed by atoms with Crippen LogP contribution in [-0.4, -0.2) is 33.0 Å². The molecule has 1 N–H and O–H groups in total. The van der Waals surface area contributed by atoms with Gasteiger partial charge in [0.25, 0.3) is 0 Å². The molecule has 0 spiro atoms. The lowest BCUT2D eigenvalue weighted by Gasteiger charge is -2.27. The first-order chi connectivity index (χ1) is 13.9. The standard InChI is InChI=1S/C18H22ClF3N6O2/c1-10(2)7-27(8-11(3)4)17-14(28(29)30)16(24-9-25-17)26-15-13(19)5-12(6-23-15)18(20,21)22/h5-6,9-11H,7-8H2,1-4H3,(H,23,24,25,26). The van der Waals surface area contributed by atoms with E-state index in [1.54, 1.807) is 4.90 Å². The van der Waals surface area contributed by atoms with E-state index in [1.807, 2.05) is 27.7 Å². The maximum Gasteiger partial charge on any atom is 0.417 e. The Balaban J connectivity index is 2.49. The average Bonchev–Trinajstić information content (AvgIpc) is 2.60. The molecule has 164 valence electrons. The van der Waals surface area contributed by atoms with Crippen LogP contribution in [0.25, 0.3) is 0 Å². The minimum Gasteiger partial charge on any atom is -0.350 e. The minimum atomic E-state index is -4.61. The van der Waals surface area contributed by atoms with Crippen molar-refractivity contribution in [3.8, 4) is 0 Å². The van der Waals surface area contributed by atoms with Crippen molar-refractivity contribution < 1.29 is 18.1 Å². The van der Waals surface area contributed by atoms with Crippen LogP contribution in [-0.2, 0) is 6.18 Å².